The molecule has 4 nitrogen and oxygen atoms in total. The molecule has 0 aromatic carbocycles. The van der Waals surface area contributed by atoms with Crippen LogP contribution in [-0.2, 0) is 4.79 Å². The molecule has 2 aliphatic rings. The highest BCUT2D eigenvalue weighted by molar-refractivity contribution is 5.85. The van der Waals surface area contributed by atoms with E-state index in [9.17, 15) is 4.79 Å². The molecule has 1 aliphatic carbocycles. The van der Waals surface area contributed by atoms with E-state index in [2.05, 4.69) is 15.5 Å². The van der Waals surface area contributed by atoms with Gasteiger partial charge in [-0.1, -0.05) is 12.8 Å². The van der Waals surface area contributed by atoms with Crippen LogP contribution in [0.1, 0.15) is 32.1 Å². The van der Waals surface area contributed by atoms with E-state index in [0.717, 1.165) is 25.4 Å². The van der Waals surface area contributed by atoms with E-state index in [1.165, 1.54) is 25.7 Å². The van der Waals surface area contributed by atoms with Gasteiger partial charge in [0.15, 0.2) is 0 Å². The maximum Gasteiger partial charge on any atom is 0.237 e. The number of hydrogen-bond acceptors (Lipinski definition) is 3. The Hall–Kier alpha value is -0.320. The van der Waals surface area contributed by atoms with Gasteiger partial charge in [-0.25, -0.2) is 0 Å². The zero-order valence-electron chi connectivity index (χ0n) is 11.4. The van der Waals surface area contributed by atoms with Gasteiger partial charge in [-0.2, -0.15) is 0 Å². The van der Waals surface area contributed by atoms with E-state index in [4.69, 9.17) is 0 Å². The van der Waals surface area contributed by atoms with Crippen molar-refractivity contribution in [1.82, 2.24) is 15.5 Å². The van der Waals surface area contributed by atoms with Gasteiger partial charge >= 0.3 is 0 Å². The number of rotatable bonds is 4. The maximum atomic E-state index is 12.0. The molecule has 3 atom stereocenters. The van der Waals surface area contributed by atoms with Gasteiger partial charge in [0.05, 0.1) is 6.04 Å². The molecule has 106 valence electrons. The molecule has 1 saturated heterocycles. The van der Waals surface area contributed by atoms with Gasteiger partial charge in [-0.3, -0.25) is 4.79 Å². The van der Waals surface area contributed by atoms with Gasteiger partial charge in [0.2, 0.25) is 5.91 Å². The molecule has 1 saturated carbocycles. The average molecular weight is 276 g/mol. The van der Waals surface area contributed by atoms with Crippen LogP contribution in [0.25, 0.3) is 0 Å². The summed E-state index contributed by atoms with van der Waals surface area (Å²) in [4.78, 5) is 14.1. The second kappa shape index (κ2) is 7.31. The van der Waals surface area contributed by atoms with Crippen LogP contribution in [0.15, 0.2) is 0 Å². The molecular formula is C13H26ClN3O. The molecule has 0 radical (unpaired) electrons. The molecule has 5 heteroatoms. The Kier molecular flexibility index (Phi) is 6.39. The van der Waals surface area contributed by atoms with Crippen molar-refractivity contribution in [1.29, 1.82) is 0 Å². The average Bonchev–Trinajstić information content (AvgIpc) is 2.71. The van der Waals surface area contributed by atoms with Crippen molar-refractivity contribution in [3.63, 3.8) is 0 Å². The fraction of sp³-hybridized carbons (Fsp3) is 0.923. The van der Waals surface area contributed by atoms with Crippen molar-refractivity contribution in [3.05, 3.63) is 0 Å². The van der Waals surface area contributed by atoms with Crippen molar-refractivity contribution < 1.29 is 4.79 Å². The summed E-state index contributed by atoms with van der Waals surface area (Å²) in [6.07, 6.45) is 6.27. The van der Waals surface area contributed by atoms with Gasteiger partial charge in [-0.15, -0.1) is 12.4 Å². The van der Waals surface area contributed by atoms with Crippen molar-refractivity contribution in [2.24, 2.45) is 5.92 Å². The highest BCUT2D eigenvalue weighted by atomic mass is 35.5. The number of hydrogen-bond donors (Lipinski definition) is 2. The molecule has 2 fully saturated rings. The zero-order valence-corrected chi connectivity index (χ0v) is 12.3. The Labute approximate surface area is 116 Å². The topological polar surface area (TPSA) is 44.4 Å². The molecule has 3 unspecified atom stereocenters. The van der Waals surface area contributed by atoms with E-state index in [-0.39, 0.29) is 24.4 Å². The summed E-state index contributed by atoms with van der Waals surface area (Å²) >= 11 is 0. The number of halogens is 1. The minimum absolute atomic E-state index is 0. The van der Waals surface area contributed by atoms with E-state index >= 15 is 0 Å². The van der Waals surface area contributed by atoms with Gasteiger partial charge in [0.25, 0.3) is 0 Å². The molecule has 2 N–H and O–H groups in total. The fourth-order valence-electron chi connectivity index (χ4n) is 3.05. The summed E-state index contributed by atoms with van der Waals surface area (Å²) in [5.74, 6) is 0.939. The van der Waals surface area contributed by atoms with Gasteiger partial charge < -0.3 is 15.5 Å². The minimum atomic E-state index is 0. The lowest BCUT2D eigenvalue weighted by atomic mass is 9.85. The second-order valence-electron chi connectivity index (χ2n) is 5.70. The molecule has 18 heavy (non-hydrogen) atoms. The van der Waals surface area contributed by atoms with Gasteiger partial charge in [0, 0.05) is 19.1 Å². The first-order valence-corrected chi connectivity index (χ1v) is 6.85. The van der Waals surface area contributed by atoms with Gasteiger partial charge in [0.1, 0.15) is 0 Å². The minimum Gasteiger partial charge on any atom is -0.353 e. The van der Waals surface area contributed by atoms with Crippen LogP contribution in [0.5, 0.6) is 0 Å². The third-order valence-corrected chi connectivity index (χ3v) is 4.04. The SMILES string of the molecule is CN(C)CCNC(=O)C1CC2CCCCC2N1.Cl. The molecule has 0 bridgehead atoms. The number of nitrogens with zero attached hydrogens (tertiary/aromatic N) is 1. The zero-order chi connectivity index (χ0) is 12.3. The van der Waals surface area contributed by atoms with Crippen LogP contribution in [-0.4, -0.2) is 50.1 Å². The lowest BCUT2D eigenvalue weighted by Gasteiger charge is -2.24. The summed E-state index contributed by atoms with van der Waals surface area (Å²) in [6, 6.07) is 0.665. The smallest absolute Gasteiger partial charge is 0.237 e. The van der Waals surface area contributed by atoms with Crippen molar-refractivity contribution in [2.75, 3.05) is 27.2 Å². The number of carbonyl (C=O) groups excluding carboxylic acids is 1. The molecule has 0 aromatic heterocycles. The summed E-state index contributed by atoms with van der Waals surface area (Å²) < 4.78 is 0. The fourth-order valence-corrected chi connectivity index (χ4v) is 3.05. The van der Waals surface area contributed by atoms with Crippen LogP contribution in [0.2, 0.25) is 0 Å². The van der Waals surface area contributed by atoms with Crippen LogP contribution in [0.3, 0.4) is 0 Å². The first-order chi connectivity index (χ1) is 8.16. The van der Waals surface area contributed by atoms with E-state index in [0.29, 0.717) is 6.04 Å². The summed E-state index contributed by atoms with van der Waals surface area (Å²) in [5, 5.41) is 6.53. The molecule has 1 aliphatic heterocycles. The van der Waals surface area contributed by atoms with Crippen LogP contribution in [0, 0.1) is 5.92 Å². The van der Waals surface area contributed by atoms with Crippen molar-refractivity contribution >= 4 is 18.3 Å². The lowest BCUT2D eigenvalue weighted by Crippen LogP contribution is -2.44. The quantitative estimate of drug-likeness (QED) is 0.805. The molecule has 2 rings (SSSR count). The molecule has 0 spiro atoms. The Morgan fingerprint density at radius 2 is 2.06 bits per heavy atom. The number of fused-ring (bicyclic) bond motifs is 1. The highest BCUT2D eigenvalue weighted by Gasteiger charge is 2.37. The Bertz CT molecular complexity index is 259. The van der Waals surface area contributed by atoms with E-state index < -0.39 is 0 Å². The number of nitrogens with one attached hydrogen (secondary N) is 2. The normalized spacial score (nSPS) is 30.7. The number of carbonyl (C=O) groups is 1. The number of amides is 1. The maximum absolute atomic E-state index is 12.0. The standard InChI is InChI=1S/C13H25N3O.ClH/c1-16(2)8-7-14-13(17)12-9-10-5-3-4-6-11(10)15-12;/h10-12,15H,3-9H2,1-2H3,(H,14,17);1H. The molecular weight excluding hydrogens is 250 g/mol. The van der Waals surface area contributed by atoms with Crippen molar-refractivity contribution in [3.8, 4) is 0 Å². The summed E-state index contributed by atoms with van der Waals surface area (Å²) in [7, 11) is 4.04. The third kappa shape index (κ3) is 4.11. The van der Waals surface area contributed by atoms with Crippen LogP contribution in [0.4, 0.5) is 0 Å². The van der Waals surface area contributed by atoms with Crippen molar-refractivity contribution in [2.45, 2.75) is 44.2 Å². The molecule has 0 aromatic rings. The van der Waals surface area contributed by atoms with E-state index in [1.54, 1.807) is 0 Å². The monoisotopic (exact) mass is 275 g/mol. The van der Waals surface area contributed by atoms with E-state index in [1.807, 2.05) is 14.1 Å². The highest BCUT2D eigenvalue weighted by Crippen LogP contribution is 2.33. The Morgan fingerprint density at radius 1 is 1.33 bits per heavy atom. The Balaban J connectivity index is 0.00000162. The Morgan fingerprint density at radius 3 is 2.72 bits per heavy atom. The van der Waals surface area contributed by atoms with Crippen LogP contribution >= 0.6 is 12.4 Å². The molecule has 1 amide bonds. The lowest BCUT2D eigenvalue weighted by molar-refractivity contribution is -0.122. The van der Waals surface area contributed by atoms with Gasteiger partial charge in [-0.05, 0) is 39.3 Å². The predicted molar refractivity (Wildman–Crippen MR) is 76.1 cm³/mol. The third-order valence-electron chi connectivity index (χ3n) is 4.04. The predicted octanol–water partition coefficient (Wildman–Crippen LogP) is 1.01. The second-order valence-corrected chi connectivity index (χ2v) is 5.70. The largest absolute Gasteiger partial charge is 0.353 e. The summed E-state index contributed by atoms with van der Waals surface area (Å²) in [5.41, 5.74) is 0. The van der Waals surface area contributed by atoms with Crippen LogP contribution < -0.4 is 10.6 Å². The molecule has 1 heterocycles. The first-order valence-electron chi connectivity index (χ1n) is 6.85. The number of likely N-dealkylation sites (N-methyl/N-ethyl adjacent to an activating group) is 1. The summed E-state index contributed by atoms with van der Waals surface area (Å²) in [6.45, 7) is 1.66. The first kappa shape index (κ1) is 15.7.